The molecule has 0 nitrogen and oxygen atoms in total. The van der Waals surface area contributed by atoms with Gasteiger partial charge in [-0.3, -0.25) is 0 Å². The molecule has 0 amide bonds. The Morgan fingerprint density at radius 2 is 0.568 bits per heavy atom. The van der Waals surface area contributed by atoms with Gasteiger partial charge in [-0.05, 0) is 62.7 Å². The van der Waals surface area contributed by atoms with Gasteiger partial charge in [-0.2, -0.15) is 9.79 Å². The zero-order valence-electron chi connectivity index (χ0n) is 26.0. The van der Waals surface area contributed by atoms with Gasteiger partial charge in [0, 0.05) is 26.0 Å². The van der Waals surface area contributed by atoms with Crippen LogP contribution in [0.3, 0.4) is 0 Å². The molecule has 0 saturated carbocycles. The normalized spacial score (nSPS) is 12.1. The van der Waals surface area contributed by atoms with E-state index in [0.29, 0.717) is 0 Å². The van der Waals surface area contributed by atoms with Crippen molar-refractivity contribution in [3.8, 4) is 0 Å². The minimum Gasteiger partial charge on any atom is -0.780 e. The summed E-state index contributed by atoms with van der Waals surface area (Å²) in [6.45, 7) is 11.0. The van der Waals surface area contributed by atoms with Crippen LogP contribution in [0.1, 0.15) is 34.6 Å². The van der Waals surface area contributed by atoms with E-state index in [4.69, 9.17) is 25.3 Å². The molecule has 0 aromatic heterocycles. The molecule has 0 N–H and O–H groups in total. The first kappa shape index (κ1) is 37.3. The Kier molecular flexibility index (Phi) is 17.1. The number of hydrogen-bond donors (Lipinski definition) is 0. The summed E-state index contributed by atoms with van der Waals surface area (Å²) >= 11 is 9.62. The van der Waals surface area contributed by atoms with Gasteiger partial charge in [0.2, 0.25) is 0 Å². The Hall–Kier alpha value is -2.90. The van der Waals surface area contributed by atoms with Crippen LogP contribution in [-0.4, -0.2) is 0 Å². The van der Waals surface area contributed by atoms with Crippen molar-refractivity contribution in [1.29, 1.82) is 0 Å². The summed E-state index contributed by atoms with van der Waals surface area (Å²) in [6, 6.07) is 51.6. The molecular formula is C40H40IrPS2-2. The van der Waals surface area contributed by atoms with E-state index in [9.17, 15) is 0 Å². The van der Waals surface area contributed by atoms with Crippen molar-refractivity contribution < 1.29 is 20.1 Å². The number of hydrogen-bond acceptors (Lipinski definition) is 2. The molecule has 5 aromatic carbocycles. The Morgan fingerprint density at radius 3 is 0.727 bits per heavy atom. The predicted molar refractivity (Wildman–Crippen MR) is 195 cm³/mol. The van der Waals surface area contributed by atoms with E-state index in [0.717, 1.165) is 9.79 Å². The van der Waals surface area contributed by atoms with Crippen molar-refractivity contribution in [2.24, 2.45) is 0 Å². The number of benzene rings is 5. The van der Waals surface area contributed by atoms with E-state index >= 15 is 0 Å². The first-order valence-electron chi connectivity index (χ1n) is 14.4. The maximum atomic E-state index is 4.81. The summed E-state index contributed by atoms with van der Waals surface area (Å²) in [5.41, 5.74) is 5.87. The van der Waals surface area contributed by atoms with E-state index in [1.54, 1.807) is 0 Å². The second-order valence-electron chi connectivity index (χ2n) is 10.1. The SMILES string of the molecule is C[C]1C(C)=C(C)C(C)=C1C.[Ir].[S-]c1ccccc1.[S-]c1ccccc1.c1ccc(P(c2ccccc2)c2ccccc2)cc1. The molecule has 0 fully saturated rings. The Bertz CT molecular complexity index is 1400. The third kappa shape index (κ3) is 11.9. The van der Waals surface area contributed by atoms with Crippen LogP contribution in [0, 0.1) is 5.92 Å². The number of allylic oxidation sites excluding steroid dienone is 4. The molecule has 1 aliphatic carbocycles. The van der Waals surface area contributed by atoms with Crippen LogP contribution < -0.4 is 15.9 Å². The second-order valence-corrected chi connectivity index (χ2v) is 13.3. The fourth-order valence-electron chi connectivity index (χ4n) is 4.43. The molecule has 0 atom stereocenters. The molecule has 4 heteroatoms. The van der Waals surface area contributed by atoms with E-state index in [1.165, 1.54) is 44.1 Å². The third-order valence-corrected chi connectivity index (χ3v) is 10.3. The van der Waals surface area contributed by atoms with Crippen molar-refractivity contribution >= 4 is 49.1 Å². The van der Waals surface area contributed by atoms with Crippen molar-refractivity contribution in [2.45, 2.75) is 44.4 Å². The quantitative estimate of drug-likeness (QED) is 0.132. The van der Waals surface area contributed by atoms with Crippen LogP contribution in [0.2, 0.25) is 0 Å². The maximum absolute atomic E-state index is 4.81. The summed E-state index contributed by atoms with van der Waals surface area (Å²) in [6.07, 6.45) is 0. The molecule has 0 saturated heterocycles. The van der Waals surface area contributed by atoms with Crippen LogP contribution in [0.25, 0.3) is 0 Å². The summed E-state index contributed by atoms with van der Waals surface area (Å²) in [5.74, 6) is 1.47. The maximum Gasteiger partial charge on any atom is 0.0226 e. The first-order valence-corrected chi connectivity index (χ1v) is 16.5. The number of rotatable bonds is 3. The van der Waals surface area contributed by atoms with Crippen molar-refractivity contribution in [2.75, 3.05) is 0 Å². The minimum absolute atomic E-state index is 0. The molecule has 0 aliphatic heterocycles. The molecular weight excluding hydrogens is 768 g/mol. The van der Waals surface area contributed by atoms with Crippen molar-refractivity contribution in [3.63, 3.8) is 0 Å². The van der Waals surface area contributed by atoms with Crippen molar-refractivity contribution in [1.82, 2.24) is 0 Å². The molecule has 228 valence electrons. The van der Waals surface area contributed by atoms with Gasteiger partial charge in [-0.25, -0.2) is 0 Å². The van der Waals surface area contributed by atoms with E-state index in [2.05, 4.69) is 126 Å². The van der Waals surface area contributed by atoms with E-state index in [-0.39, 0.29) is 20.1 Å². The van der Waals surface area contributed by atoms with E-state index in [1.807, 2.05) is 60.7 Å². The average Bonchev–Trinajstić information content (AvgIpc) is 3.22. The van der Waals surface area contributed by atoms with Gasteiger partial charge in [-0.15, -0.1) is 0 Å². The summed E-state index contributed by atoms with van der Waals surface area (Å²) < 4.78 is 0. The molecule has 0 heterocycles. The fourth-order valence-corrected chi connectivity index (χ4v) is 7.05. The summed E-state index contributed by atoms with van der Waals surface area (Å²) in [4.78, 5) is 1.81. The van der Waals surface area contributed by atoms with Gasteiger partial charge in [0.25, 0.3) is 0 Å². The van der Waals surface area contributed by atoms with E-state index < -0.39 is 7.92 Å². The molecule has 2 radical (unpaired) electrons. The van der Waals surface area contributed by atoms with Crippen LogP contribution >= 0.6 is 7.92 Å². The smallest absolute Gasteiger partial charge is 0.0226 e. The Labute approximate surface area is 291 Å². The van der Waals surface area contributed by atoms with Gasteiger partial charge in [0.05, 0.1) is 0 Å². The third-order valence-electron chi connectivity index (χ3n) is 7.34. The van der Waals surface area contributed by atoms with Crippen LogP contribution in [-0.2, 0) is 45.4 Å². The molecule has 1 aliphatic rings. The van der Waals surface area contributed by atoms with Gasteiger partial charge in [0.15, 0.2) is 0 Å². The molecule has 6 rings (SSSR count). The zero-order valence-corrected chi connectivity index (χ0v) is 31.0. The zero-order chi connectivity index (χ0) is 31.0. The first-order chi connectivity index (χ1) is 20.8. The second kappa shape index (κ2) is 20.2. The Balaban J connectivity index is 0.000000227. The van der Waals surface area contributed by atoms with Crippen molar-refractivity contribution in [3.05, 3.63) is 180 Å². The molecule has 0 spiro atoms. The standard InChI is InChI=1S/C18H15P.C10H15.2C6H6S.Ir/c1-4-10-16(11-5-1)19(17-12-6-2-7-13-17)18-14-8-3-9-15-18;1-6-7(2)9(4)10(5)8(6)3;2*7-6-4-2-1-3-5-6;/h1-15H;1-5H3;2*1-5,7H;/p-2. The van der Waals surface area contributed by atoms with Crippen LogP contribution in [0.4, 0.5) is 0 Å². The van der Waals surface area contributed by atoms with Gasteiger partial charge in [0.1, 0.15) is 0 Å². The van der Waals surface area contributed by atoms with Crippen LogP contribution in [0.15, 0.2) is 184 Å². The van der Waals surface area contributed by atoms with Gasteiger partial charge in [-0.1, -0.05) is 170 Å². The summed E-state index contributed by atoms with van der Waals surface area (Å²) in [7, 11) is -0.446. The Morgan fingerprint density at radius 1 is 0.341 bits per heavy atom. The summed E-state index contributed by atoms with van der Waals surface area (Å²) in [5, 5.41) is 4.19. The molecule has 0 bridgehead atoms. The van der Waals surface area contributed by atoms with Crippen LogP contribution in [0.5, 0.6) is 0 Å². The monoisotopic (exact) mass is 808 g/mol. The molecule has 5 aromatic rings. The average molecular weight is 808 g/mol. The topological polar surface area (TPSA) is 0 Å². The largest absolute Gasteiger partial charge is 0.780 e. The predicted octanol–water partition coefficient (Wildman–Crippen LogP) is 9.89. The molecule has 44 heavy (non-hydrogen) atoms. The van der Waals surface area contributed by atoms with Gasteiger partial charge < -0.3 is 25.3 Å². The fraction of sp³-hybridized carbons (Fsp3) is 0.125. The minimum atomic E-state index is -0.446. The van der Waals surface area contributed by atoms with Gasteiger partial charge >= 0.3 is 0 Å². The molecule has 0 unspecified atom stereocenters.